The van der Waals surface area contributed by atoms with Crippen LogP contribution in [-0.4, -0.2) is 5.66 Å². The first-order chi connectivity index (χ1) is 7.18. The molecule has 0 spiro atoms. The molecule has 15 heavy (non-hydrogen) atoms. The molecule has 0 amide bonds. The zero-order valence-electron chi connectivity index (χ0n) is 8.27. The molecule has 0 saturated heterocycles. The second kappa shape index (κ2) is 2.69. The van der Waals surface area contributed by atoms with E-state index in [1.54, 1.807) is 0 Å². The molecule has 0 fully saturated rings. The second-order valence-corrected chi connectivity index (χ2v) is 4.02. The second-order valence-electron chi connectivity index (χ2n) is 4.02. The van der Waals surface area contributed by atoms with Crippen LogP contribution in [0.1, 0.15) is 0 Å². The van der Waals surface area contributed by atoms with Crippen LogP contribution in [0, 0.1) is 0 Å². The van der Waals surface area contributed by atoms with Crippen molar-refractivity contribution in [2.24, 2.45) is 11.5 Å². The van der Waals surface area contributed by atoms with Crippen LogP contribution in [0.15, 0.2) is 48.1 Å². The number of fused-ring (bicyclic) bond motifs is 2. The molecule has 0 heterocycles. The lowest BCUT2D eigenvalue weighted by atomic mass is 9.90. The van der Waals surface area contributed by atoms with Crippen molar-refractivity contribution in [1.29, 1.82) is 0 Å². The number of hydrogen-bond donors (Lipinski definition) is 2. The number of rotatable bonds is 0. The summed E-state index contributed by atoms with van der Waals surface area (Å²) in [6.45, 7) is 0. The summed E-state index contributed by atoms with van der Waals surface area (Å²) in [5.41, 5.74) is 13.5. The number of allylic oxidation sites excluding steroid dienone is 2. The Morgan fingerprint density at radius 2 is 1.87 bits per heavy atom. The summed E-state index contributed by atoms with van der Waals surface area (Å²) >= 11 is 0. The average molecular weight is 196 g/mol. The van der Waals surface area contributed by atoms with Crippen molar-refractivity contribution >= 4 is 11.6 Å². The van der Waals surface area contributed by atoms with E-state index in [1.807, 2.05) is 30.4 Å². The molecule has 0 bridgehead atoms. The highest BCUT2D eigenvalue weighted by Gasteiger charge is 2.28. The summed E-state index contributed by atoms with van der Waals surface area (Å²) in [6.07, 6.45) is 7.93. The monoisotopic (exact) mass is 196 g/mol. The lowest BCUT2D eigenvalue weighted by molar-refractivity contribution is 0.709. The van der Waals surface area contributed by atoms with Crippen LogP contribution in [0.3, 0.4) is 0 Å². The zero-order chi connectivity index (χ0) is 10.5. The molecule has 1 aromatic rings. The van der Waals surface area contributed by atoms with Crippen molar-refractivity contribution in [3.63, 3.8) is 0 Å². The standard InChI is InChI=1S/C13H12N2/c14-13(15)7-3-5-10-8-9-4-1-2-6-11(9)12(10)13/h1-8H,14-15H2. The predicted octanol–water partition coefficient (Wildman–Crippen LogP) is -0.259. The largest absolute Gasteiger partial charge is 0.306 e. The van der Waals surface area contributed by atoms with Gasteiger partial charge in [-0.15, -0.1) is 0 Å². The van der Waals surface area contributed by atoms with Gasteiger partial charge in [0.2, 0.25) is 0 Å². The SMILES string of the molecule is NC1(N)C=CC=C2C=c3ccccc3=C21. The third kappa shape index (κ3) is 1.12. The summed E-state index contributed by atoms with van der Waals surface area (Å²) in [7, 11) is 0. The van der Waals surface area contributed by atoms with E-state index in [2.05, 4.69) is 18.2 Å². The van der Waals surface area contributed by atoms with E-state index in [4.69, 9.17) is 11.5 Å². The highest BCUT2D eigenvalue weighted by Crippen LogP contribution is 2.26. The van der Waals surface area contributed by atoms with Crippen LogP contribution in [-0.2, 0) is 0 Å². The molecule has 0 radical (unpaired) electrons. The lowest BCUT2D eigenvalue weighted by Gasteiger charge is -2.26. The van der Waals surface area contributed by atoms with Gasteiger partial charge in [0.1, 0.15) is 5.66 Å². The molecular formula is C13H12N2. The number of benzene rings is 1. The van der Waals surface area contributed by atoms with Crippen molar-refractivity contribution in [2.45, 2.75) is 5.66 Å². The first kappa shape index (κ1) is 8.65. The zero-order valence-corrected chi connectivity index (χ0v) is 8.27. The highest BCUT2D eigenvalue weighted by atomic mass is 15.0. The van der Waals surface area contributed by atoms with E-state index in [0.29, 0.717) is 0 Å². The van der Waals surface area contributed by atoms with Crippen LogP contribution in [0.2, 0.25) is 0 Å². The molecule has 2 nitrogen and oxygen atoms in total. The van der Waals surface area contributed by atoms with Gasteiger partial charge in [0.05, 0.1) is 0 Å². The van der Waals surface area contributed by atoms with E-state index in [-0.39, 0.29) is 0 Å². The summed E-state index contributed by atoms with van der Waals surface area (Å²) < 4.78 is 0. The van der Waals surface area contributed by atoms with Gasteiger partial charge in [-0.1, -0.05) is 36.4 Å². The first-order valence-electron chi connectivity index (χ1n) is 4.98. The molecule has 2 aliphatic carbocycles. The highest BCUT2D eigenvalue weighted by molar-refractivity contribution is 5.88. The van der Waals surface area contributed by atoms with Crippen LogP contribution in [0.4, 0.5) is 0 Å². The van der Waals surface area contributed by atoms with Crippen molar-refractivity contribution in [1.82, 2.24) is 0 Å². The molecular weight excluding hydrogens is 184 g/mol. The van der Waals surface area contributed by atoms with Crippen molar-refractivity contribution in [3.8, 4) is 0 Å². The van der Waals surface area contributed by atoms with Crippen LogP contribution < -0.4 is 21.9 Å². The molecule has 0 aliphatic heterocycles. The Bertz CT molecular complexity index is 604. The van der Waals surface area contributed by atoms with Crippen molar-refractivity contribution in [3.05, 3.63) is 58.5 Å². The topological polar surface area (TPSA) is 52.0 Å². The summed E-state index contributed by atoms with van der Waals surface area (Å²) in [5.74, 6) is 0. The smallest absolute Gasteiger partial charge is 0.111 e. The van der Waals surface area contributed by atoms with Gasteiger partial charge < -0.3 is 11.5 Å². The summed E-state index contributed by atoms with van der Waals surface area (Å²) in [4.78, 5) is 0. The van der Waals surface area contributed by atoms with E-state index < -0.39 is 5.66 Å². The van der Waals surface area contributed by atoms with E-state index in [0.717, 1.165) is 16.4 Å². The van der Waals surface area contributed by atoms with Gasteiger partial charge in [-0.3, -0.25) is 0 Å². The molecule has 2 heteroatoms. The molecule has 0 atom stereocenters. The normalized spacial score (nSPS) is 20.4. The lowest BCUT2D eigenvalue weighted by Crippen LogP contribution is -2.51. The maximum atomic E-state index is 6.07. The molecule has 0 aromatic heterocycles. The molecule has 0 saturated carbocycles. The van der Waals surface area contributed by atoms with Crippen LogP contribution in [0.5, 0.6) is 0 Å². The molecule has 1 aromatic carbocycles. The third-order valence-corrected chi connectivity index (χ3v) is 2.91. The van der Waals surface area contributed by atoms with Gasteiger partial charge in [-0.25, -0.2) is 0 Å². The number of hydrogen-bond acceptors (Lipinski definition) is 2. The van der Waals surface area contributed by atoms with Gasteiger partial charge in [-0.2, -0.15) is 0 Å². The van der Waals surface area contributed by atoms with Gasteiger partial charge in [0, 0.05) is 5.57 Å². The Hall–Kier alpha value is -1.64. The van der Waals surface area contributed by atoms with Gasteiger partial charge >= 0.3 is 0 Å². The van der Waals surface area contributed by atoms with Crippen molar-refractivity contribution in [2.75, 3.05) is 0 Å². The average Bonchev–Trinajstić information content (AvgIpc) is 2.56. The minimum atomic E-state index is -0.840. The number of nitrogens with two attached hydrogens (primary N) is 2. The fourth-order valence-electron chi connectivity index (χ4n) is 2.25. The summed E-state index contributed by atoms with van der Waals surface area (Å²) in [6, 6.07) is 8.18. The van der Waals surface area contributed by atoms with Crippen molar-refractivity contribution < 1.29 is 0 Å². The minimum absolute atomic E-state index is 0.840. The fraction of sp³-hybridized carbons (Fsp3) is 0.0769. The molecule has 74 valence electrons. The third-order valence-electron chi connectivity index (χ3n) is 2.91. The van der Waals surface area contributed by atoms with Crippen LogP contribution in [0.25, 0.3) is 11.6 Å². The summed E-state index contributed by atoms with van der Waals surface area (Å²) in [5, 5.41) is 2.35. The van der Waals surface area contributed by atoms with Crippen LogP contribution >= 0.6 is 0 Å². The minimum Gasteiger partial charge on any atom is -0.306 e. The quantitative estimate of drug-likeness (QED) is 0.562. The fourth-order valence-corrected chi connectivity index (χ4v) is 2.25. The molecule has 2 aliphatic rings. The molecule has 4 N–H and O–H groups in total. The van der Waals surface area contributed by atoms with E-state index in [9.17, 15) is 0 Å². The first-order valence-corrected chi connectivity index (χ1v) is 4.98. The molecule has 3 rings (SSSR count). The maximum Gasteiger partial charge on any atom is 0.111 e. The predicted molar refractivity (Wildman–Crippen MR) is 61.9 cm³/mol. The van der Waals surface area contributed by atoms with Gasteiger partial charge in [0.25, 0.3) is 0 Å². The Kier molecular flexibility index (Phi) is 1.55. The molecule has 0 unspecified atom stereocenters. The Morgan fingerprint density at radius 3 is 2.73 bits per heavy atom. The maximum absolute atomic E-state index is 6.07. The Labute approximate surface area is 87.9 Å². The Morgan fingerprint density at radius 1 is 1.07 bits per heavy atom. The van der Waals surface area contributed by atoms with Gasteiger partial charge in [-0.05, 0) is 28.2 Å². The van der Waals surface area contributed by atoms with E-state index >= 15 is 0 Å². The Balaban J connectivity index is 2.47. The van der Waals surface area contributed by atoms with Gasteiger partial charge in [0.15, 0.2) is 0 Å². The van der Waals surface area contributed by atoms with E-state index in [1.165, 1.54) is 5.22 Å².